The molecule has 0 nitrogen and oxygen atoms in total. The maximum absolute atomic E-state index is 2.44. The lowest BCUT2D eigenvalue weighted by molar-refractivity contribution is 1.75. The van der Waals surface area contributed by atoms with Crippen LogP contribution in [-0.2, 0) is 0 Å². The fourth-order valence-corrected chi connectivity index (χ4v) is 12.2. The van der Waals surface area contributed by atoms with E-state index in [-0.39, 0.29) is 0 Å². The lowest BCUT2D eigenvalue weighted by Crippen LogP contribution is -2.24. The minimum absolute atomic E-state index is 0.829. The number of hydrogen-bond donors (Lipinski definition) is 0. The van der Waals surface area contributed by atoms with Gasteiger partial charge in [-0.15, -0.1) is 0 Å². The predicted molar refractivity (Wildman–Crippen MR) is 205 cm³/mol. The molecule has 9 aromatic rings. The van der Waals surface area contributed by atoms with Crippen LogP contribution in [0.25, 0.3) is 43.1 Å². The highest BCUT2D eigenvalue weighted by molar-refractivity contribution is 7.81. The number of fused-ring (bicyclic) bond motifs is 2. The summed E-state index contributed by atoms with van der Waals surface area (Å²) in [6, 6.07) is 68.0. The van der Waals surface area contributed by atoms with Crippen LogP contribution in [0.4, 0.5) is 0 Å². The monoisotopic (exact) mass is 620 g/mol. The van der Waals surface area contributed by atoms with Crippen molar-refractivity contribution < 1.29 is 0 Å². The molecule has 0 heterocycles. The number of rotatable bonds is 6. The van der Waals surface area contributed by atoms with E-state index in [1.807, 2.05) is 0 Å². The molecule has 0 atom stereocenters. The second kappa shape index (κ2) is 11.5. The Kier molecular flexibility index (Phi) is 6.86. The van der Waals surface area contributed by atoms with Gasteiger partial charge in [-0.25, -0.2) is 0 Å². The van der Waals surface area contributed by atoms with Gasteiger partial charge in [0.05, 0.1) is 0 Å². The molecular weight excluding hydrogens is 590 g/mol. The van der Waals surface area contributed by atoms with Crippen LogP contribution in [0.15, 0.2) is 182 Å². The van der Waals surface area contributed by atoms with Crippen molar-refractivity contribution in [1.29, 1.82) is 0 Å². The van der Waals surface area contributed by atoms with Gasteiger partial charge < -0.3 is 0 Å². The fourth-order valence-electron chi connectivity index (χ4n) is 7.23. The van der Waals surface area contributed by atoms with Crippen molar-refractivity contribution in [2.24, 2.45) is 0 Å². The van der Waals surface area contributed by atoms with Crippen molar-refractivity contribution >= 4 is 90.8 Å². The highest BCUT2D eigenvalue weighted by Gasteiger charge is 2.27. The van der Waals surface area contributed by atoms with Gasteiger partial charge in [0.25, 0.3) is 0 Å². The van der Waals surface area contributed by atoms with Crippen molar-refractivity contribution in [3.63, 3.8) is 0 Å². The molecule has 0 amide bonds. The highest BCUT2D eigenvalue weighted by Crippen LogP contribution is 2.47. The Hall–Kier alpha value is -4.86. The smallest absolute Gasteiger partial charge is 0.000236 e. The molecule has 0 N–H and O–H groups in total. The fraction of sp³-hybridized carbons (Fsp3) is 0. The first-order chi connectivity index (χ1) is 22.9. The van der Waals surface area contributed by atoms with Crippen LogP contribution >= 0.6 is 15.8 Å². The Labute approximate surface area is 271 Å². The van der Waals surface area contributed by atoms with Crippen molar-refractivity contribution in [3.05, 3.63) is 182 Å². The van der Waals surface area contributed by atoms with Crippen LogP contribution in [0.2, 0.25) is 0 Å². The van der Waals surface area contributed by atoms with Gasteiger partial charge in [-0.3, -0.25) is 0 Å². The summed E-state index contributed by atoms with van der Waals surface area (Å²) in [7, 11) is -1.66. The van der Waals surface area contributed by atoms with Gasteiger partial charge in [-0.1, -0.05) is 182 Å². The maximum atomic E-state index is 2.44. The van der Waals surface area contributed by atoms with Gasteiger partial charge >= 0.3 is 0 Å². The summed E-state index contributed by atoms with van der Waals surface area (Å²) < 4.78 is 0. The number of benzene rings is 9. The molecule has 0 saturated carbocycles. The van der Waals surface area contributed by atoms with E-state index in [1.165, 1.54) is 74.9 Å². The Balaban J connectivity index is 1.51. The van der Waals surface area contributed by atoms with E-state index in [1.54, 1.807) is 0 Å². The Morgan fingerprint density at radius 2 is 0.565 bits per heavy atom. The SMILES string of the molecule is c1ccc(P(c2ccccc2)c2ccc3cccc4c5cccc6ccc(P(c7ccccc7)c7ccccc7)c(c2c34)c65)cc1. The first-order valence-corrected chi connectivity index (χ1v) is 18.5. The van der Waals surface area contributed by atoms with Gasteiger partial charge in [-0.2, -0.15) is 0 Å². The zero-order valence-corrected chi connectivity index (χ0v) is 27.0. The van der Waals surface area contributed by atoms with Crippen LogP contribution in [0.5, 0.6) is 0 Å². The third-order valence-corrected chi connectivity index (χ3v) is 14.1. The lowest BCUT2D eigenvalue weighted by atomic mass is 9.90. The van der Waals surface area contributed by atoms with E-state index < -0.39 is 15.8 Å². The summed E-state index contributed by atoms with van der Waals surface area (Å²) >= 11 is 0. The highest BCUT2D eigenvalue weighted by atomic mass is 31.1. The Morgan fingerprint density at radius 1 is 0.239 bits per heavy atom. The molecule has 46 heavy (non-hydrogen) atoms. The van der Waals surface area contributed by atoms with Crippen molar-refractivity contribution in [2.75, 3.05) is 0 Å². The third kappa shape index (κ3) is 4.45. The first-order valence-electron chi connectivity index (χ1n) is 15.8. The molecule has 9 aromatic carbocycles. The van der Waals surface area contributed by atoms with Crippen LogP contribution < -0.4 is 31.8 Å². The maximum Gasteiger partial charge on any atom is -0.000236 e. The summed E-state index contributed by atoms with van der Waals surface area (Å²) in [5.41, 5.74) is 0. The van der Waals surface area contributed by atoms with Gasteiger partial charge in [-0.05, 0) is 90.8 Å². The first kappa shape index (κ1) is 27.5. The zero-order valence-electron chi connectivity index (χ0n) is 25.2. The summed E-state index contributed by atoms with van der Waals surface area (Å²) in [5, 5.41) is 19.2. The second-order valence-electron chi connectivity index (χ2n) is 11.7. The standard InChI is InChI=1S/C44H30P2/c1-5-17-33(18-6-1)45(34-19-7-2-8-20-34)39-29-27-31-15-13-25-37-38-26-14-16-32-28-30-40(44(42(32)38)43(39)41(31)37)46(35-21-9-3-10-22-35)36-23-11-4-12-24-36/h1-30H. The summed E-state index contributed by atoms with van der Waals surface area (Å²) in [6.45, 7) is 0. The third-order valence-electron chi connectivity index (χ3n) is 9.13. The van der Waals surface area contributed by atoms with Crippen molar-refractivity contribution in [1.82, 2.24) is 0 Å². The molecule has 0 spiro atoms. The van der Waals surface area contributed by atoms with Crippen LogP contribution in [0, 0.1) is 0 Å². The molecule has 0 aliphatic rings. The quantitative estimate of drug-likeness (QED) is 0.0988. The van der Waals surface area contributed by atoms with E-state index in [9.17, 15) is 0 Å². The van der Waals surface area contributed by atoms with E-state index in [0.29, 0.717) is 0 Å². The molecule has 0 fully saturated rings. The molecular formula is C44H30P2. The van der Waals surface area contributed by atoms with Crippen LogP contribution in [0.1, 0.15) is 0 Å². The molecule has 0 aliphatic heterocycles. The molecule has 9 rings (SSSR count). The minimum Gasteiger partial charge on any atom is -0.0622 e. The molecule has 0 aromatic heterocycles. The zero-order chi connectivity index (χ0) is 30.5. The second-order valence-corrected chi connectivity index (χ2v) is 16.1. The average molecular weight is 621 g/mol. The van der Waals surface area contributed by atoms with Gasteiger partial charge in [0.1, 0.15) is 0 Å². The average Bonchev–Trinajstić information content (AvgIpc) is 3.13. The Bertz CT molecular complexity index is 2200. The van der Waals surface area contributed by atoms with Gasteiger partial charge in [0.2, 0.25) is 0 Å². The van der Waals surface area contributed by atoms with Gasteiger partial charge in [0, 0.05) is 0 Å². The molecule has 0 radical (unpaired) electrons. The Morgan fingerprint density at radius 3 is 0.891 bits per heavy atom. The largest absolute Gasteiger partial charge is 0.0622 e. The molecule has 216 valence electrons. The van der Waals surface area contributed by atoms with E-state index in [0.717, 1.165) is 0 Å². The minimum atomic E-state index is -0.829. The predicted octanol–water partition coefficient (Wildman–Crippen LogP) is 9.25. The molecule has 0 bridgehead atoms. The summed E-state index contributed by atoms with van der Waals surface area (Å²) in [5.74, 6) is 0. The van der Waals surface area contributed by atoms with Crippen LogP contribution in [-0.4, -0.2) is 0 Å². The van der Waals surface area contributed by atoms with Gasteiger partial charge in [0.15, 0.2) is 0 Å². The lowest BCUT2D eigenvalue weighted by Gasteiger charge is -2.27. The number of hydrogen-bond acceptors (Lipinski definition) is 0. The molecule has 0 aliphatic carbocycles. The molecule has 0 saturated heterocycles. The van der Waals surface area contributed by atoms with E-state index in [4.69, 9.17) is 0 Å². The topological polar surface area (TPSA) is 0 Å². The van der Waals surface area contributed by atoms with Crippen molar-refractivity contribution in [2.45, 2.75) is 0 Å². The summed E-state index contributed by atoms with van der Waals surface area (Å²) in [4.78, 5) is 0. The van der Waals surface area contributed by atoms with E-state index >= 15 is 0 Å². The van der Waals surface area contributed by atoms with E-state index in [2.05, 4.69) is 182 Å². The molecule has 0 unspecified atom stereocenters. The van der Waals surface area contributed by atoms with Crippen LogP contribution in [0.3, 0.4) is 0 Å². The van der Waals surface area contributed by atoms with Crippen molar-refractivity contribution in [3.8, 4) is 0 Å². The molecule has 2 heteroatoms. The summed E-state index contributed by atoms with van der Waals surface area (Å²) in [6.07, 6.45) is 0. The normalized spacial score (nSPS) is 11.9.